The highest BCUT2D eigenvalue weighted by Gasteiger charge is 2.44. The third-order valence-corrected chi connectivity index (χ3v) is 3.93. The van der Waals surface area contributed by atoms with Gasteiger partial charge in [-0.2, -0.15) is 0 Å². The van der Waals surface area contributed by atoms with Crippen LogP contribution in [0.3, 0.4) is 0 Å². The van der Waals surface area contributed by atoms with Gasteiger partial charge in [-0.05, 0) is 24.7 Å². The monoisotopic (exact) mass is 238 g/mol. The van der Waals surface area contributed by atoms with Gasteiger partial charge in [-0.25, -0.2) is 4.79 Å². The first-order valence-electron chi connectivity index (χ1n) is 6.07. The number of rotatable bonds is 2. The van der Waals surface area contributed by atoms with Crippen LogP contribution in [-0.2, 0) is 19.1 Å². The maximum atomic E-state index is 11.7. The summed E-state index contributed by atoms with van der Waals surface area (Å²) < 4.78 is 9.59. The Morgan fingerprint density at radius 1 is 1.18 bits per heavy atom. The molecule has 2 rings (SSSR count). The average molecular weight is 238 g/mol. The van der Waals surface area contributed by atoms with Gasteiger partial charge in [-0.3, -0.25) is 4.79 Å². The zero-order valence-corrected chi connectivity index (χ0v) is 10.3. The molecular formula is C13H18O4. The van der Waals surface area contributed by atoms with E-state index in [0.29, 0.717) is 5.57 Å². The third kappa shape index (κ3) is 2.08. The largest absolute Gasteiger partial charge is 0.469 e. The van der Waals surface area contributed by atoms with Crippen molar-refractivity contribution in [3.05, 3.63) is 11.6 Å². The molecule has 1 saturated carbocycles. The summed E-state index contributed by atoms with van der Waals surface area (Å²) in [6, 6.07) is 0. The van der Waals surface area contributed by atoms with Gasteiger partial charge < -0.3 is 9.47 Å². The molecule has 0 heterocycles. The SMILES string of the molecule is COC(=O)C1=C[C@@H](C(=O)OC)[C@@H]2CCCC[C@H]12. The maximum Gasteiger partial charge on any atom is 0.333 e. The van der Waals surface area contributed by atoms with E-state index in [0.717, 1.165) is 25.7 Å². The number of esters is 2. The lowest BCUT2D eigenvalue weighted by Crippen LogP contribution is -2.28. The molecule has 0 aromatic heterocycles. The molecule has 0 amide bonds. The highest BCUT2D eigenvalue weighted by atomic mass is 16.5. The van der Waals surface area contributed by atoms with Gasteiger partial charge in [0.15, 0.2) is 0 Å². The molecule has 4 nitrogen and oxygen atoms in total. The minimum absolute atomic E-state index is 0.181. The molecule has 0 radical (unpaired) electrons. The van der Waals surface area contributed by atoms with E-state index in [9.17, 15) is 9.59 Å². The zero-order chi connectivity index (χ0) is 12.4. The normalized spacial score (nSPS) is 31.4. The van der Waals surface area contributed by atoms with Crippen molar-refractivity contribution in [2.24, 2.45) is 17.8 Å². The van der Waals surface area contributed by atoms with E-state index in [1.165, 1.54) is 14.2 Å². The summed E-state index contributed by atoms with van der Waals surface area (Å²) in [6.07, 6.45) is 5.96. The summed E-state index contributed by atoms with van der Waals surface area (Å²) >= 11 is 0. The van der Waals surface area contributed by atoms with Gasteiger partial charge in [0.2, 0.25) is 0 Å². The van der Waals surface area contributed by atoms with Crippen LogP contribution >= 0.6 is 0 Å². The smallest absolute Gasteiger partial charge is 0.333 e. The minimum atomic E-state index is -0.298. The average Bonchev–Trinajstić information content (AvgIpc) is 2.76. The molecule has 2 aliphatic carbocycles. The van der Waals surface area contributed by atoms with Crippen LogP contribution < -0.4 is 0 Å². The Bertz CT molecular complexity index is 358. The molecule has 0 aromatic rings. The van der Waals surface area contributed by atoms with Crippen molar-refractivity contribution < 1.29 is 19.1 Å². The summed E-state index contributed by atoms with van der Waals surface area (Å²) in [7, 11) is 2.77. The van der Waals surface area contributed by atoms with Crippen molar-refractivity contribution in [3.63, 3.8) is 0 Å². The van der Waals surface area contributed by atoms with Gasteiger partial charge >= 0.3 is 11.9 Å². The van der Waals surface area contributed by atoms with E-state index in [2.05, 4.69) is 0 Å². The standard InChI is InChI=1S/C13H18O4/c1-16-12(14)10-7-11(13(15)17-2)9-6-4-3-5-8(9)10/h7-10H,3-6H2,1-2H3/t8-,9+,10-/m1/s1. The Labute approximate surface area is 101 Å². The Balaban J connectivity index is 2.25. The van der Waals surface area contributed by atoms with E-state index in [4.69, 9.17) is 9.47 Å². The number of methoxy groups -OCH3 is 2. The van der Waals surface area contributed by atoms with Crippen LogP contribution in [0.5, 0.6) is 0 Å². The van der Waals surface area contributed by atoms with E-state index in [1.807, 2.05) is 0 Å². The molecule has 0 bridgehead atoms. The van der Waals surface area contributed by atoms with Crippen molar-refractivity contribution in [2.45, 2.75) is 25.7 Å². The first kappa shape index (κ1) is 12.1. The van der Waals surface area contributed by atoms with Gasteiger partial charge in [0, 0.05) is 5.57 Å². The zero-order valence-electron chi connectivity index (χ0n) is 10.3. The number of hydrogen-bond donors (Lipinski definition) is 0. The molecule has 0 aromatic carbocycles. The lowest BCUT2D eigenvalue weighted by molar-refractivity contribution is -0.146. The van der Waals surface area contributed by atoms with Crippen LogP contribution in [0.4, 0.5) is 0 Å². The first-order chi connectivity index (χ1) is 8.19. The van der Waals surface area contributed by atoms with Crippen LogP contribution in [0.1, 0.15) is 25.7 Å². The first-order valence-corrected chi connectivity index (χ1v) is 6.07. The summed E-state index contributed by atoms with van der Waals surface area (Å²) in [4.78, 5) is 23.4. The van der Waals surface area contributed by atoms with E-state index >= 15 is 0 Å². The summed E-state index contributed by atoms with van der Waals surface area (Å²) in [5.74, 6) is -0.390. The number of fused-ring (bicyclic) bond motifs is 1. The van der Waals surface area contributed by atoms with Crippen molar-refractivity contribution in [1.29, 1.82) is 0 Å². The molecule has 0 N–H and O–H groups in total. The van der Waals surface area contributed by atoms with Gasteiger partial charge in [0.1, 0.15) is 0 Å². The second-order valence-electron chi connectivity index (χ2n) is 4.72. The maximum absolute atomic E-state index is 11.7. The summed E-state index contributed by atoms with van der Waals surface area (Å²) in [6.45, 7) is 0. The van der Waals surface area contributed by atoms with Crippen LogP contribution in [0.25, 0.3) is 0 Å². The highest BCUT2D eigenvalue weighted by Crippen LogP contribution is 2.46. The second kappa shape index (κ2) is 4.90. The summed E-state index contributed by atoms with van der Waals surface area (Å²) in [5.41, 5.74) is 0.674. The minimum Gasteiger partial charge on any atom is -0.469 e. The van der Waals surface area contributed by atoms with Crippen LogP contribution in [0.2, 0.25) is 0 Å². The third-order valence-electron chi connectivity index (χ3n) is 3.93. The molecule has 94 valence electrons. The number of carbonyl (C=O) groups excluding carboxylic acids is 2. The predicted molar refractivity (Wildman–Crippen MR) is 61.1 cm³/mol. The topological polar surface area (TPSA) is 52.6 Å². The Morgan fingerprint density at radius 3 is 2.53 bits per heavy atom. The molecule has 1 fully saturated rings. The fourth-order valence-corrected chi connectivity index (χ4v) is 3.13. The Hall–Kier alpha value is -1.32. The van der Waals surface area contributed by atoms with Gasteiger partial charge in [-0.1, -0.05) is 18.9 Å². The Kier molecular flexibility index (Phi) is 3.50. The highest BCUT2D eigenvalue weighted by molar-refractivity contribution is 5.92. The fourth-order valence-electron chi connectivity index (χ4n) is 3.13. The second-order valence-corrected chi connectivity index (χ2v) is 4.72. The van der Waals surface area contributed by atoms with Crippen LogP contribution in [-0.4, -0.2) is 26.2 Å². The van der Waals surface area contributed by atoms with Gasteiger partial charge in [0.05, 0.1) is 20.1 Å². The summed E-state index contributed by atoms with van der Waals surface area (Å²) in [5, 5.41) is 0. The van der Waals surface area contributed by atoms with Crippen molar-refractivity contribution >= 4 is 11.9 Å². The van der Waals surface area contributed by atoms with Crippen LogP contribution in [0.15, 0.2) is 11.6 Å². The molecule has 17 heavy (non-hydrogen) atoms. The number of hydrogen-bond acceptors (Lipinski definition) is 4. The Morgan fingerprint density at radius 2 is 1.88 bits per heavy atom. The molecule has 0 saturated heterocycles. The van der Waals surface area contributed by atoms with Crippen molar-refractivity contribution in [2.75, 3.05) is 14.2 Å². The van der Waals surface area contributed by atoms with Crippen LogP contribution in [0, 0.1) is 17.8 Å². The van der Waals surface area contributed by atoms with E-state index < -0.39 is 0 Å². The molecule has 0 unspecified atom stereocenters. The van der Waals surface area contributed by atoms with Crippen molar-refractivity contribution in [1.82, 2.24) is 0 Å². The lowest BCUT2D eigenvalue weighted by atomic mass is 9.75. The number of carbonyl (C=O) groups is 2. The van der Waals surface area contributed by atoms with Gasteiger partial charge in [-0.15, -0.1) is 0 Å². The molecule has 0 spiro atoms. The fraction of sp³-hybridized carbons (Fsp3) is 0.692. The molecule has 0 aliphatic heterocycles. The molecule has 3 atom stereocenters. The molecule has 4 heteroatoms. The quantitative estimate of drug-likeness (QED) is 0.687. The molecule has 2 aliphatic rings. The molecular weight excluding hydrogens is 220 g/mol. The lowest BCUT2D eigenvalue weighted by Gasteiger charge is -2.29. The van der Waals surface area contributed by atoms with Crippen molar-refractivity contribution in [3.8, 4) is 0 Å². The van der Waals surface area contributed by atoms with Gasteiger partial charge in [0.25, 0.3) is 0 Å². The van der Waals surface area contributed by atoms with E-state index in [-0.39, 0.29) is 29.7 Å². The van der Waals surface area contributed by atoms with E-state index in [1.54, 1.807) is 6.08 Å². The predicted octanol–water partition coefficient (Wildman–Crippen LogP) is 1.69. The number of ether oxygens (including phenoxy) is 2.